The van der Waals surface area contributed by atoms with E-state index in [4.69, 9.17) is 9.59 Å². The molecule has 0 radical (unpaired) electrons. The molecule has 0 saturated heterocycles. The van der Waals surface area contributed by atoms with Crippen molar-refractivity contribution in [3.8, 4) is 0 Å². The quantitative estimate of drug-likeness (QED) is 0.616. The maximum atomic E-state index is 12.8. The molecule has 0 fully saturated rings. The van der Waals surface area contributed by atoms with Crippen molar-refractivity contribution in [3.63, 3.8) is 0 Å². The zero-order valence-corrected chi connectivity index (χ0v) is 7.85. The molecular formula is C10H11FO2. The van der Waals surface area contributed by atoms with Gasteiger partial charge in [0.05, 0.1) is 0 Å². The summed E-state index contributed by atoms with van der Waals surface area (Å²) in [6, 6.07) is 3.54. The van der Waals surface area contributed by atoms with Crippen LogP contribution in [0.15, 0.2) is 12.1 Å². The van der Waals surface area contributed by atoms with Crippen molar-refractivity contribution in [2.45, 2.75) is 20.8 Å². The van der Waals surface area contributed by atoms with Crippen LogP contribution in [-0.2, 0) is 9.59 Å². The van der Waals surface area contributed by atoms with Gasteiger partial charge in [-0.15, -0.1) is 0 Å². The fraction of sp³-hybridized carbons (Fsp3) is 0.300. The summed E-state index contributed by atoms with van der Waals surface area (Å²) in [6.45, 7) is 5.62. The number of carbonyl (C=O) groups excluding carboxylic acids is 2. The molecule has 0 amide bonds. The van der Waals surface area contributed by atoms with E-state index in [1.807, 2.05) is 19.9 Å². The number of benzene rings is 1. The number of hydrogen-bond donors (Lipinski definition) is 0. The Morgan fingerprint density at radius 1 is 1.15 bits per heavy atom. The third-order valence-electron chi connectivity index (χ3n) is 1.75. The molecule has 0 unspecified atom stereocenters. The van der Waals surface area contributed by atoms with E-state index in [-0.39, 0.29) is 12.0 Å². The average molecular weight is 182 g/mol. The van der Waals surface area contributed by atoms with Crippen LogP contribution < -0.4 is 0 Å². The summed E-state index contributed by atoms with van der Waals surface area (Å²) in [5.74, 6) is -0.0995. The highest BCUT2D eigenvalue weighted by molar-refractivity contribution is 5.30. The molecule has 1 rings (SSSR count). The van der Waals surface area contributed by atoms with Gasteiger partial charge in [0.2, 0.25) is 0 Å². The molecule has 0 aliphatic heterocycles. The molecule has 0 bridgehead atoms. The monoisotopic (exact) mass is 182 g/mol. The average Bonchev–Trinajstić information content (AvgIpc) is 2.01. The summed E-state index contributed by atoms with van der Waals surface area (Å²) in [7, 11) is 0. The molecule has 0 saturated carbocycles. The first-order valence-electron chi connectivity index (χ1n) is 3.75. The molecule has 0 N–H and O–H groups in total. The smallest absolute Gasteiger partial charge is 0.207 e. The lowest BCUT2D eigenvalue weighted by atomic mass is 10.1. The second kappa shape index (κ2) is 5.22. The van der Waals surface area contributed by atoms with Crippen molar-refractivity contribution >= 4 is 6.15 Å². The largest absolute Gasteiger partial charge is 0.373 e. The molecule has 1 aromatic rings. The van der Waals surface area contributed by atoms with Crippen molar-refractivity contribution < 1.29 is 14.0 Å². The van der Waals surface area contributed by atoms with Crippen molar-refractivity contribution in [2.24, 2.45) is 0 Å². The van der Waals surface area contributed by atoms with Gasteiger partial charge in [0.1, 0.15) is 5.82 Å². The number of rotatable bonds is 0. The molecule has 0 aliphatic rings. The Hall–Kier alpha value is -1.47. The molecule has 13 heavy (non-hydrogen) atoms. The van der Waals surface area contributed by atoms with Crippen LogP contribution in [0.5, 0.6) is 0 Å². The van der Waals surface area contributed by atoms with Crippen LogP contribution >= 0.6 is 0 Å². The molecule has 2 nitrogen and oxygen atoms in total. The van der Waals surface area contributed by atoms with Gasteiger partial charge in [-0.05, 0) is 43.5 Å². The van der Waals surface area contributed by atoms with Crippen molar-refractivity contribution in [1.82, 2.24) is 0 Å². The third-order valence-corrected chi connectivity index (χ3v) is 1.75. The first kappa shape index (κ1) is 11.5. The van der Waals surface area contributed by atoms with Gasteiger partial charge >= 0.3 is 6.15 Å². The van der Waals surface area contributed by atoms with Gasteiger partial charge in [-0.2, -0.15) is 9.59 Å². The summed E-state index contributed by atoms with van der Waals surface area (Å²) < 4.78 is 12.8. The van der Waals surface area contributed by atoms with Crippen LogP contribution in [0, 0.1) is 26.6 Å². The minimum absolute atomic E-state index is 0.0995. The van der Waals surface area contributed by atoms with E-state index in [2.05, 4.69) is 0 Å². The van der Waals surface area contributed by atoms with Crippen LogP contribution in [-0.4, -0.2) is 6.15 Å². The molecule has 70 valence electrons. The molecule has 3 heteroatoms. The third kappa shape index (κ3) is 3.63. The van der Waals surface area contributed by atoms with Crippen LogP contribution in [0.1, 0.15) is 16.7 Å². The Balaban J connectivity index is 0.000000424. The van der Waals surface area contributed by atoms with Gasteiger partial charge < -0.3 is 0 Å². The predicted octanol–water partition coefficient (Wildman–Crippen LogP) is 2.17. The van der Waals surface area contributed by atoms with Crippen LogP contribution in [0.2, 0.25) is 0 Å². The minimum Gasteiger partial charge on any atom is -0.207 e. The number of halogens is 1. The van der Waals surface area contributed by atoms with Gasteiger partial charge in [-0.25, -0.2) is 4.39 Å². The second-order valence-corrected chi connectivity index (χ2v) is 2.77. The SMILES string of the molecule is Cc1cc(C)c(C)c(F)c1.O=C=O. The molecular weight excluding hydrogens is 171 g/mol. The summed E-state index contributed by atoms with van der Waals surface area (Å²) in [4.78, 5) is 16.2. The van der Waals surface area contributed by atoms with Gasteiger partial charge in [0.25, 0.3) is 0 Å². The van der Waals surface area contributed by atoms with Crippen LogP contribution in [0.4, 0.5) is 4.39 Å². The molecule has 0 heterocycles. The lowest BCUT2D eigenvalue weighted by Crippen LogP contribution is -1.87. The zero-order valence-electron chi connectivity index (χ0n) is 7.85. The first-order chi connectivity index (χ1) is 6.02. The zero-order chi connectivity index (χ0) is 10.4. The maximum absolute atomic E-state index is 12.8. The molecule has 0 aliphatic carbocycles. The Kier molecular flexibility index (Phi) is 4.63. The van der Waals surface area contributed by atoms with Crippen LogP contribution in [0.25, 0.3) is 0 Å². The fourth-order valence-corrected chi connectivity index (χ4v) is 0.988. The van der Waals surface area contributed by atoms with Gasteiger partial charge in [0, 0.05) is 0 Å². The van der Waals surface area contributed by atoms with E-state index in [0.717, 1.165) is 16.7 Å². The molecule has 0 spiro atoms. The highest BCUT2D eigenvalue weighted by Gasteiger charge is 1.99. The molecule has 0 aromatic heterocycles. The normalized spacial score (nSPS) is 8.31. The maximum Gasteiger partial charge on any atom is 0.373 e. The van der Waals surface area contributed by atoms with E-state index in [1.54, 1.807) is 13.0 Å². The van der Waals surface area contributed by atoms with E-state index in [0.29, 0.717) is 0 Å². The molecule has 0 atom stereocenters. The highest BCUT2D eigenvalue weighted by Crippen LogP contribution is 2.13. The fourth-order valence-electron chi connectivity index (χ4n) is 0.988. The summed E-state index contributed by atoms with van der Waals surface area (Å²) in [5.41, 5.74) is 2.77. The first-order valence-corrected chi connectivity index (χ1v) is 3.75. The Morgan fingerprint density at radius 3 is 2.00 bits per heavy atom. The van der Waals surface area contributed by atoms with E-state index in [1.165, 1.54) is 0 Å². The van der Waals surface area contributed by atoms with E-state index >= 15 is 0 Å². The topological polar surface area (TPSA) is 34.1 Å². The molecule has 1 aromatic carbocycles. The van der Waals surface area contributed by atoms with Crippen molar-refractivity contribution in [2.75, 3.05) is 0 Å². The van der Waals surface area contributed by atoms with Crippen molar-refractivity contribution in [1.29, 1.82) is 0 Å². The lowest BCUT2D eigenvalue weighted by molar-refractivity contribution is -0.191. The van der Waals surface area contributed by atoms with E-state index in [9.17, 15) is 4.39 Å². The standard InChI is InChI=1S/C9H11F.CO2/c1-6-4-7(2)8(3)9(10)5-6;2-1-3/h4-5H,1-3H3;. The van der Waals surface area contributed by atoms with Gasteiger partial charge in [-0.3, -0.25) is 0 Å². The number of aryl methyl sites for hydroxylation is 2. The lowest BCUT2D eigenvalue weighted by Gasteiger charge is -2.01. The Labute approximate surface area is 76.4 Å². The van der Waals surface area contributed by atoms with Crippen molar-refractivity contribution in [3.05, 3.63) is 34.6 Å². The highest BCUT2D eigenvalue weighted by atomic mass is 19.1. The Morgan fingerprint density at radius 2 is 1.62 bits per heavy atom. The number of hydrogen-bond acceptors (Lipinski definition) is 2. The van der Waals surface area contributed by atoms with E-state index < -0.39 is 0 Å². The van der Waals surface area contributed by atoms with Crippen LogP contribution in [0.3, 0.4) is 0 Å². The minimum atomic E-state index is -0.0995. The predicted molar refractivity (Wildman–Crippen MR) is 45.6 cm³/mol. The second-order valence-electron chi connectivity index (χ2n) is 2.77. The van der Waals surface area contributed by atoms with Gasteiger partial charge in [0.15, 0.2) is 0 Å². The summed E-state index contributed by atoms with van der Waals surface area (Å²) >= 11 is 0. The summed E-state index contributed by atoms with van der Waals surface area (Å²) in [5, 5.41) is 0. The Bertz CT molecular complexity index is 303. The summed E-state index contributed by atoms with van der Waals surface area (Å²) in [6.07, 6.45) is 0.250. The van der Waals surface area contributed by atoms with Gasteiger partial charge in [-0.1, -0.05) is 6.07 Å².